The SMILES string of the molecule is O=C(Cc1ccccc1)N1CCc2nc(-c3ccccc3)sc2C1. The standard InChI is InChI=1S/C20H18N2OS/c23-19(13-15-7-3-1-4-8-15)22-12-11-17-18(14-22)24-20(21-17)16-9-5-2-6-10-16/h1-10H,11-14H2. The minimum atomic E-state index is 0.196. The fourth-order valence-corrected chi connectivity index (χ4v) is 4.12. The van der Waals surface area contributed by atoms with Crippen molar-refractivity contribution in [2.75, 3.05) is 6.54 Å². The average Bonchev–Trinajstić information content (AvgIpc) is 3.06. The smallest absolute Gasteiger partial charge is 0.227 e. The van der Waals surface area contributed by atoms with Crippen LogP contribution < -0.4 is 0 Å². The highest BCUT2D eigenvalue weighted by atomic mass is 32.1. The van der Waals surface area contributed by atoms with Gasteiger partial charge in [-0.05, 0) is 5.56 Å². The van der Waals surface area contributed by atoms with Crippen molar-refractivity contribution in [3.63, 3.8) is 0 Å². The zero-order valence-corrected chi connectivity index (χ0v) is 14.1. The summed E-state index contributed by atoms with van der Waals surface area (Å²) < 4.78 is 0. The van der Waals surface area contributed by atoms with Crippen molar-refractivity contribution in [1.29, 1.82) is 0 Å². The molecule has 0 aliphatic carbocycles. The lowest BCUT2D eigenvalue weighted by Crippen LogP contribution is -2.36. The van der Waals surface area contributed by atoms with Crippen LogP contribution in [0.4, 0.5) is 0 Å². The Labute approximate surface area is 145 Å². The lowest BCUT2D eigenvalue weighted by atomic mass is 10.1. The Bertz CT molecular complexity index is 843. The van der Waals surface area contributed by atoms with Crippen LogP contribution in [0.2, 0.25) is 0 Å². The summed E-state index contributed by atoms with van der Waals surface area (Å²) in [5.41, 5.74) is 3.38. The Balaban J connectivity index is 1.50. The summed E-state index contributed by atoms with van der Waals surface area (Å²) in [6, 6.07) is 20.2. The zero-order valence-electron chi connectivity index (χ0n) is 13.3. The topological polar surface area (TPSA) is 33.2 Å². The van der Waals surface area contributed by atoms with Gasteiger partial charge in [0.15, 0.2) is 0 Å². The molecule has 4 rings (SSSR count). The molecule has 2 aromatic carbocycles. The normalized spacial score (nSPS) is 13.6. The second-order valence-corrected chi connectivity index (χ2v) is 7.07. The second kappa shape index (κ2) is 6.57. The molecule has 0 fully saturated rings. The van der Waals surface area contributed by atoms with Gasteiger partial charge in [-0.15, -0.1) is 11.3 Å². The van der Waals surface area contributed by atoms with E-state index in [0.29, 0.717) is 13.0 Å². The molecule has 3 nitrogen and oxygen atoms in total. The Morgan fingerprint density at radius 3 is 2.50 bits per heavy atom. The van der Waals surface area contributed by atoms with E-state index >= 15 is 0 Å². The quantitative estimate of drug-likeness (QED) is 0.727. The maximum Gasteiger partial charge on any atom is 0.227 e. The molecular weight excluding hydrogens is 316 g/mol. The van der Waals surface area contributed by atoms with Crippen molar-refractivity contribution in [2.45, 2.75) is 19.4 Å². The third-order valence-electron chi connectivity index (χ3n) is 4.30. The van der Waals surface area contributed by atoms with Gasteiger partial charge in [0.05, 0.1) is 18.7 Å². The molecule has 120 valence electrons. The average molecular weight is 334 g/mol. The van der Waals surface area contributed by atoms with Crippen LogP contribution in [0.3, 0.4) is 0 Å². The number of hydrogen-bond donors (Lipinski definition) is 0. The van der Waals surface area contributed by atoms with Crippen LogP contribution >= 0.6 is 11.3 Å². The van der Waals surface area contributed by atoms with Gasteiger partial charge in [0.25, 0.3) is 0 Å². The third-order valence-corrected chi connectivity index (χ3v) is 5.43. The number of amides is 1. The van der Waals surface area contributed by atoms with E-state index in [9.17, 15) is 4.79 Å². The molecule has 3 aromatic rings. The summed E-state index contributed by atoms with van der Waals surface area (Å²) in [6.45, 7) is 1.45. The number of fused-ring (bicyclic) bond motifs is 1. The maximum atomic E-state index is 12.6. The predicted octanol–water partition coefficient (Wildman–Crippen LogP) is 3.94. The number of carbonyl (C=O) groups is 1. The van der Waals surface area contributed by atoms with Gasteiger partial charge < -0.3 is 4.90 Å². The predicted molar refractivity (Wildman–Crippen MR) is 96.8 cm³/mol. The Morgan fingerprint density at radius 1 is 1.04 bits per heavy atom. The number of benzene rings is 2. The monoisotopic (exact) mass is 334 g/mol. The van der Waals surface area contributed by atoms with E-state index in [1.165, 1.54) is 4.88 Å². The molecule has 1 aromatic heterocycles. The molecule has 1 aliphatic heterocycles. The van der Waals surface area contributed by atoms with Gasteiger partial charge in [0.1, 0.15) is 5.01 Å². The summed E-state index contributed by atoms with van der Waals surface area (Å²) in [6.07, 6.45) is 1.32. The molecule has 1 amide bonds. The van der Waals surface area contributed by atoms with E-state index in [1.807, 2.05) is 53.4 Å². The third kappa shape index (κ3) is 3.10. The van der Waals surface area contributed by atoms with Gasteiger partial charge in [-0.3, -0.25) is 4.79 Å². The molecule has 0 unspecified atom stereocenters. The van der Waals surface area contributed by atoms with E-state index in [1.54, 1.807) is 11.3 Å². The van der Waals surface area contributed by atoms with Crippen LogP contribution in [0.1, 0.15) is 16.1 Å². The number of carbonyl (C=O) groups excluding carboxylic acids is 1. The van der Waals surface area contributed by atoms with Gasteiger partial charge in [0, 0.05) is 23.4 Å². The molecule has 0 saturated carbocycles. The fraction of sp³-hybridized carbons (Fsp3) is 0.200. The van der Waals surface area contributed by atoms with Crippen LogP contribution in [0, 0.1) is 0 Å². The molecule has 24 heavy (non-hydrogen) atoms. The van der Waals surface area contributed by atoms with Crippen molar-refractivity contribution in [2.24, 2.45) is 0 Å². The summed E-state index contributed by atoms with van der Waals surface area (Å²) in [5, 5.41) is 1.05. The number of rotatable bonds is 3. The van der Waals surface area contributed by atoms with Crippen molar-refractivity contribution >= 4 is 17.2 Å². The number of hydrogen-bond acceptors (Lipinski definition) is 3. The van der Waals surface area contributed by atoms with E-state index in [-0.39, 0.29) is 5.91 Å². The number of thiazole rings is 1. The van der Waals surface area contributed by atoms with E-state index in [2.05, 4.69) is 12.1 Å². The van der Waals surface area contributed by atoms with Gasteiger partial charge in [-0.2, -0.15) is 0 Å². The first kappa shape index (κ1) is 15.1. The van der Waals surface area contributed by atoms with E-state index in [0.717, 1.165) is 34.8 Å². The van der Waals surface area contributed by atoms with Crippen molar-refractivity contribution in [3.8, 4) is 10.6 Å². The molecule has 2 heterocycles. The number of aromatic nitrogens is 1. The Morgan fingerprint density at radius 2 is 1.75 bits per heavy atom. The highest BCUT2D eigenvalue weighted by Crippen LogP contribution is 2.31. The lowest BCUT2D eigenvalue weighted by molar-refractivity contribution is -0.131. The van der Waals surface area contributed by atoms with Crippen LogP contribution in [-0.2, 0) is 24.2 Å². The number of nitrogens with zero attached hydrogens (tertiary/aromatic N) is 2. The Hall–Kier alpha value is -2.46. The molecule has 0 radical (unpaired) electrons. The maximum absolute atomic E-state index is 12.6. The van der Waals surface area contributed by atoms with Crippen LogP contribution in [0.5, 0.6) is 0 Å². The van der Waals surface area contributed by atoms with Crippen molar-refractivity contribution in [3.05, 3.63) is 76.8 Å². The zero-order chi connectivity index (χ0) is 16.4. The minimum Gasteiger partial charge on any atom is -0.337 e. The first-order valence-electron chi connectivity index (χ1n) is 8.15. The molecule has 4 heteroatoms. The summed E-state index contributed by atoms with van der Waals surface area (Å²) in [5.74, 6) is 0.196. The minimum absolute atomic E-state index is 0.196. The largest absolute Gasteiger partial charge is 0.337 e. The first-order valence-corrected chi connectivity index (χ1v) is 8.97. The highest BCUT2D eigenvalue weighted by Gasteiger charge is 2.24. The molecule has 0 saturated heterocycles. The molecular formula is C20H18N2OS. The van der Waals surface area contributed by atoms with Crippen molar-refractivity contribution < 1.29 is 4.79 Å². The van der Waals surface area contributed by atoms with Gasteiger partial charge in [-0.1, -0.05) is 60.7 Å². The summed E-state index contributed by atoms with van der Waals surface area (Å²) in [4.78, 5) is 20.5. The first-order chi connectivity index (χ1) is 11.8. The molecule has 0 atom stereocenters. The van der Waals surface area contributed by atoms with Gasteiger partial charge >= 0.3 is 0 Å². The van der Waals surface area contributed by atoms with Crippen LogP contribution in [0.25, 0.3) is 10.6 Å². The Kier molecular flexibility index (Phi) is 4.13. The fourth-order valence-electron chi connectivity index (χ4n) is 2.99. The summed E-state index contributed by atoms with van der Waals surface area (Å²) in [7, 11) is 0. The van der Waals surface area contributed by atoms with Crippen LogP contribution in [-0.4, -0.2) is 22.3 Å². The van der Waals surface area contributed by atoms with Gasteiger partial charge in [0.2, 0.25) is 5.91 Å². The summed E-state index contributed by atoms with van der Waals surface area (Å²) >= 11 is 1.71. The molecule has 0 N–H and O–H groups in total. The van der Waals surface area contributed by atoms with E-state index in [4.69, 9.17) is 4.98 Å². The highest BCUT2D eigenvalue weighted by molar-refractivity contribution is 7.15. The molecule has 1 aliphatic rings. The molecule has 0 bridgehead atoms. The van der Waals surface area contributed by atoms with Crippen LogP contribution in [0.15, 0.2) is 60.7 Å². The second-order valence-electron chi connectivity index (χ2n) is 5.98. The lowest BCUT2D eigenvalue weighted by Gasteiger charge is -2.26. The van der Waals surface area contributed by atoms with Crippen molar-refractivity contribution in [1.82, 2.24) is 9.88 Å². The van der Waals surface area contributed by atoms with E-state index < -0.39 is 0 Å². The molecule has 0 spiro atoms. The van der Waals surface area contributed by atoms with Gasteiger partial charge in [-0.25, -0.2) is 4.98 Å².